The minimum absolute atomic E-state index is 0. The van der Waals surface area contributed by atoms with Gasteiger partial charge < -0.3 is 14.7 Å². The van der Waals surface area contributed by atoms with Gasteiger partial charge in [-0.3, -0.25) is 4.79 Å². The molecule has 0 unspecified atom stereocenters. The summed E-state index contributed by atoms with van der Waals surface area (Å²) < 4.78 is 5.25. The van der Waals surface area contributed by atoms with Crippen LogP contribution in [-0.2, 0) is 0 Å². The fourth-order valence-electron chi connectivity index (χ4n) is 2.44. The van der Waals surface area contributed by atoms with Crippen molar-refractivity contribution in [3.63, 3.8) is 0 Å². The molecule has 0 saturated carbocycles. The molecule has 1 fully saturated rings. The van der Waals surface area contributed by atoms with E-state index in [-0.39, 0.29) is 18.3 Å². The molecule has 0 spiro atoms. The maximum absolute atomic E-state index is 12.7. The van der Waals surface area contributed by atoms with Crippen molar-refractivity contribution in [1.29, 1.82) is 0 Å². The fourth-order valence-corrected chi connectivity index (χ4v) is 2.44. The molecular formula is C15H18ClN3O2. The van der Waals surface area contributed by atoms with Crippen LogP contribution in [0.15, 0.2) is 34.9 Å². The Morgan fingerprint density at radius 1 is 1.24 bits per heavy atom. The van der Waals surface area contributed by atoms with Crippen molar-refractivity contribution in [1.82, 2.24) is 15.4 Å². The van der Waals surface area contributed by atoms with Gasteiger partial charge in [-0.2, -0.15) is 0 Å². The van der Waals surface area contributed by atoms with E-state index in [2.05, 4.69) is 10.5 Å². The summed E-state index contributed by atoms with van der Waals surface area (Å²) in [6, 6.07) is 9.67. The summed E-state index contributed by atoms with van der Waals surface area (Å²) in [7, 11) is 0. The third-order valence-electron chi connectivity index (χ3n) is 3.53. The van der Waals surface area contributed by atoms with Crippen LogP contribution < -0.4 is 5.32 Å². The van der Waals surface area contributed by atoms with Gasteiger partial charge in [-0.15, -0.1) is 12.4 Å². The summed E-state index contributed by atoms with van der Waals surface area (Å²) in [6.45, 7) is 4.89. The van der Waals surface area contributed by atoms with Crippen LogP contribution in [-0.4, -0.2) is 42.1 Å². The van der Waals surface area contributed by atoms with Crippen molar-refractivity contribution in [3.8, 4) is 11.3 Å². The van der Waals surface area contributed by atoms with Crippen LogP contribution in [0.5, 0.6) is 0 Å². The molecule has 0 atom stereocenters. The highest BCUT2D eigenvalue weighted by atomic mass is 35.5. The minimum Gasteiger partial charge on any atom is -0.360 e. The molecule has 0 radical (unpaired) electrons. The van der Waals surface area contributed by atoms with Crippen molar-refractivity contribution >= 4 is 18.3 Å². The van der Waals surface area contributed by atoms with E-state index in [4.69, 9.17) is 4.52 Å². The number of nitrogens with one attached hydrogen (secondary N) is 1. The van der Waals surface area contributed by atoms with E-state index in [1.165, 1.54) is 0 Å². The molecule has 21 heavy (non-hydrogen) atoms. The summed E-state index contributed by atoms with van der Waals surface area (Å²) in [5.41, 5.74) is 2.12. The molecule has 2 aromatic rings. The van der Waals surface area contributed by atoms with Gasteiger partial charge in [0.2, 0.25) is 0 Å². The zero-order chi connectivity index (χ0) is 13.9. The number of carbonyl (C=O) groups excluding carboxylic acids is 1. The number of aromatic nitrogens is 1. The number of piperazine rings is 1. The topological polar surface area (TPSA) is 58.4 Å². The summed E-state index contributed by atoms with van der Waals surface area (Å²) in [5, 5.41) is 7.31. The normalized spacial score (nSPS) is 14.6. The number of rotatable bonds is 2. The summed E-state index contributed by atoms with van der Waals surface area (Å²) >= 11 is 0. The third kappa shape index (κ3) is 3.09. The molecule has 112 valence electrons. The Morgan fingerprint density at radius 3 is 2.57 bits per heavy atom. The van der Waals surface area contributed by atoms with Gasteiger partial charge in [-0.25, -0.2) is 0 Å². The lowest BCUT2D eigenvalue weighted by Gasteiger charge is -2.27. The lowest BCUT2D eigenvalue weighted by atomic mass is 10.0. The first-order valence-electron chi connectivity index (χ1n) is 6.79. The highest BCUT2D eigenvalue weighted by Gasteiger charge is 2.26. The van der Waals surface area contributed by atoms with Crippen molar-refractivity contribution in [2.24, 2.45) is 0 Å². The Morgan fingerprint density at radius 2 is 1.90 bits per heavy atom. The van der Waals surface area contributed by atoms with Crippen LogP contribution in [0.3, 0.4) is 0 Å². The zero-order valence-corrected chi connectivity index (χ0v) is 12.7. The van der Waals surface area contributed by atoms with Crippen LogP contribution in [0, 0.1) is 6.92 Å². The maximum atomic E-state index is 12.7. The van der Waals surface area contributed by atoms with E-state index in [9.17, 15) is 4.79 Å². The van der Waals surface area contributed by atoms with E-state index in [1.807, 2.05) is 35.2 Å². The van der Waals surface area contributed by atoms with E-state index in [0.717, 1.165) is 31.7 Å². The van der Waals surface area contributed by atoms with Crippen LogP contribution in [0.4, 0.5) is 0 Å². The molecule has 0 aliphatic carbocycles. The molecule has 0 bridgehead atoms. The molecule has 1 N–H and O–H groups in total. The number of nitrogens with zero attached hydrogens (tertiary/aromatic N) is 2. The summed E-state index contributed by atoms with van der Waals surface area (Å²) in [5.74, 6) is 0.580. The molecule has 1 aliphatic rings. The highest BCUT2D eigenvalue weighted by Crippen LogP contribution is 2.26. The van der Waals surface area contributed by atoms with Gasteiger partial charge in [0.15, 0.2) is 0 Å². The number of halogens is 1. The number of aryl methyl sites for hydroxylation is 1. The number of hydrogen-bond donors (Lipinski definition) is 1. The Hall–Kier alpha value is -1.85. The average molecular weight is 308 g/mol. The van der Waals surface area contributed by atoms with Gasteiger partial charge in [-0.1, -0.05) is 35.5 Å². The number of benzene rings is 1. The zero-order valence-electron chi connectivity index (χ0n) is 11.8. The Balaban J connectivity index is 0.00000161. The number of amides is 1. The van der Waals surface area contributed by atoms with E-state index in [1.54, 1.807) is 6.92 Å². The fraction of sp³-hybridized carbons (Fsp3) is 0.333. The molecule has 1 aliphatic heterocycles. The second-order valence-electron chi connectivity index (χ2n) is 4.87. The molecule has 6 heteroatoms. The van der Waals surface area contributed by atoms with E-state index >= 15 is 0 Å². The molecule has 1 saturated heterocycles. The van der Waals surface area contributed by atoms with Crippen molar-refractivity contribution < 1.29 is 9.32 Å². The number of carbonyl (C=O) groups is 1. The minimum atomic E-state index is 0. The first-order chi connectivity index (χ1) is 9.77. The van der Waals surface area contributed by atoms with E-state index < -0.39 is 0 Å². The van der Waals surface area contributed by atoms with Gasteiger partial charge in [0.05, 0.1) is 0 Å². The molecule has 3 rings (SSSR count). The Labute approximate surface area is 129 Å². The van der Waals surface area contributed by atoms with E-state index in [0.29, 0.717) is 17.0 Å². The standard InChI is InChI=1S/C15H17N3O2.ClH/c1-11-13(15(19)18-9-7-16-8-10-18)14(17-20-11)12-5-3-2-4-6-12;/h2-6,16H,7-10H2,1H3;1H. The monoisotopic (exact) mass is 307 g/mol. The average Bonchev–Trinajstić information content (AvgIpc) is 2.90. The molecule has 1 aromatic carbocycles. The smallest absolute Gasteiger partial charge is 0.259 e. The largest absolute Gasteiger partial charge is 0.360 e. The van der Waals surface area contributed by atoms with Crippen molar-refractivity contribution in [2.75, 3.05) is 26.2 Å². The van der Waals surface area contributed by atoms with Gasteiger partial charge in [-0.05, 0) is 6.92 Å². The quantitative estimate of drug-likeness (QED) is 0.923. The third-order valence-corrected chi connectivity index (χ3v) is 3.53. The van der Waals surface area contributed by atoms with Gasteiger partial charge in [0.1, 0.15) is 17.0 Å². The summed E-state index contributed by atoms with van der Waals surface area (Å²) in [6.07, 6.45) is 0. The molecule has 2 heterocycles. The number of hydrogen-bond acceptors (Lipinski definition) is 4. The van der Waals surface area contributed by atoms with Gasteiger partial charge in [0, 0.05) is 31.7 Å². The lowest BCUT2D eigenvalue weighted by Crippen LogP contribution is -2.46. The highest BCUT2D eigenvalue weighted by molar-refractivity contribution is 6.00. The predicted molar refractivity (Wildman–Crippen MR) is 82.7 cm³/mol. The van der Waals surface area contributed by atoms with Gasteiger partial charge >= 0.3 is 0 Å². The van der Waals surface area contributed by atoms with Crippen LogP contribution in [0.25, 0.3) is 11.3 Å². The molecule has 1 aromatic heterocycles. The lowest BCUT2D eigenvalue weighted by molar-refractivity contribution is 0.0734. The Bertz CT molecular complexity index is 607. The molecule has 5 nitrogen and oxygen atoms in total. The maximum Gasteiger partial charge on any atom is 0.259 e. The second kappa shape index (κ2) is 6.74. The van der Waals surface area contributed by atoms with Gasteiger partial charge in [0.25, 0.3) is 5.91 Å². The SMILES string of the molecule is Cc1onc(-c2ccccc2)c1C(=O)N1CCNCC1.Cl. The molecule has 1 amide bonds. The second-order valence-corrected chi connectivity index (χ2v) is 4.87. The van der Waals surface area contributed by atoms with Crippen LogP contribution in [0.2, 0.25) is 0 Å². The van der Waals surface area contributed by atoms with Crippen molar-refractivity contribution in [3.05, 3.63) is 41.7 Å². The van der Waals surface area contributed by atoms with Crippen molar-refractivity contribution in [2.45, 2.75) is 6.92 Å². The van der Waals surface area contributed by atoms with Crippen LogP contribution >= 0.6 is 12.4 Å². The van der Waals surface area contributed by atoms with Crippen LogP contribution in [0.1, 0.15) is 16.1 Å². The first kappa shape index (κ1) is 15.5. The first-order valence-corrected chi connectivity index (χ1v) is 6.79. The molecular weight excluding hydrogens is 290 g/mol. The summed E-state index contributed by atoms with van der Waals surface area (Å²) in [4.78, 5) is 14.5. The predicted octanol–water partition coefficient (Wildman–Crippen LogP) is 2.12. The Kier molecular flexibility index (Phi) is 4.98.